The van der Waals surface area contributed by atoms with Crippen molar-refractivity contribution in [2.75, 3.05) is 13.2 Å². The lowest BCUT2D eigenvalue weighted by Crippen LogP contribution is -2.36. The van der Waals surface area contributed by atoms with Gasteiger partial charge in [-0.25, -0.2) is 0 Å². The molecule has 0 rings (SSSR count). The Hall–Kier alpha value is -0.980. The van der Waals surface area contributed by atoms with Crippen LogP contribution in [-0.2, 0) is 19.1 Å². The predicted octanol–water partition coefficient (Wildman–Crippen LogP) is 3.52. The molecule has 6 heteroatoms. The number of esters is 1. The first-order chi connectivity index (χ1) is 12.6. The van der Waals surface area contributed by atoms with Gasteiger partial charge in [0.2, 0.25) is 0 Å². The maximum atomic E-state index is 11.8. The molecule has 0 radical (unpaired) electrons. The van der Waals surface area contributed by atoms with Gasteiger partial charge in [0, 0.05) is 13.0 Å². The number of hydrogen-bond acceptors (Lipinski definition) is 6. The zero-order valence-corrected chi connectivity index (χ0v) is 17.8. The normalized spacial score (nSPS) is 13.0. The lowest BCUT2D eigenvalue weighted by atomic mass is 9.98. The van der Waals surface area contributed by atoms with Crippen LogP contribution in [-0.4, -0.2) is 47.8 Å². The van der Waals surface area contributed by atoms with Crippen molar-refractivity contribution in [2.45, 2.75) is 110 Å². The summed E-state index contributed by atoms with van der Waals surface area (Å²) in [6.45, 7) is 8.21. The van der Waals surface area contributed by atoms with Crippen molar-refractivity contribution in [2.24, 2.45) is 5.73 Å². The summed E-state index contributed by atoms with van der Waals surface area (Å²) < 4.78 is 10.7. The number of nitrogens with two attached hydrogens (primary N) is 1. The topological polar surface area (TPSA) is 98.9 Å². The number of rotatable bonds is 17. The van der Waals surface area contributed by atoms with Gasteiger partial charge >= 0.3 is 5.97 Å². The zero-order valence-electron chi connectivity index (χ0n) is 17.8. The minimum Gasteiger partial charge on any atom is -0.465 e. The first-order valence-corrected chi connectivity index (χ1v) is 10.4. The second-order valence-electron chi connectivity index (χ2n) is 8.04. The molecule has 0 aromatic heterocycles. The average Bonchev–Trinajstić information content (AvgIpc) is 2.58. The molecule has 0 amide bonds. The molecule has 0 aliphatic rings. The number of unbranched alkanes of at least 4 members (excludes halogenated alkanes) is 7. The van der Waals surface area contributed by atoms with Crippen LogP contribution in [0.3, 0.4) is 0 Å². The molecule has 0 bridgehead atoms. The van der Waals surface area contributed by atoms with E-state index in [9.17, 15) is 14.7 Å². The molecule has 3 N–H and O–H groups in total. The highest BCUT2D eigenvalue weighted by Crippen LogP contribution is 2.11. The molecule has 0 fully saturated rings. The molecule has 0 spiro atoms. The van der Waals surface area contributed by atoms with Gasteiger partial charge in [0.1, 0.15) is 11.6 Å². The van der Waals surface area contributed by atoms with Crippen molar-refractivity contribution < 1.29 is 24.2 Å². The summed E-state index contributed by atoms with van der Waals surface area (Å²) in [5.41, 5.74) is 4.35. The highest BCUT2D eigenvalue weighted by atomic mass is 16.5. The van der Waals surface area contributed by atoms with E-state index < -0.39 is 17.6 Å². The third-order valence-corrected chi connectivity index (χ3v) is 4.40. The van der Waals surface area contributed by atoms with Crippen LogP contribution in [0.25, 0.3) is 0 Å². The molecule has 0 saturated heterocycles. The van der Waals surface area contributed by atoms with E-state index in [0.29, 0.717) is 12.7 Å². The Balaban J connectivity index is 3.49. The Labute approximate surface area is 165 Å². The number of hydrogen-bond donors (Lipinski definition) is 2. The van der Waals surface area contributed by atoms with Crippen LogP contribution in [0.15, 0.2) is 0 Å². The van der Waals surface area contributed by atoms with E-state index in [1.54, 1.807) is 0 Å². The fourth-order valence-corrected chi connectivity index (χ4v) is 2.57. The maximum absolute atomic E-state index is 11.8. The lowest BCUT2D eigenvalue weighted by Gasteiger charge is -2.16. The summed E-state index contributed by atoms with van der Waals surface area (Å²) in [5, 5.41) is 9.56. The first kappa shape index (κ1) is 26.0. The van der Waals surface area contributed by atoms with Gasteiger partial charge in [-0.1, -0.05) is 38.5 Å². The number of carbonyl (C=O) groups is 2. The van der Waals surface area contributed by atoms with Crippen LogP contribution >= 0.6 is 0 Å². The molecule has 6 nitrogen and oxygen atoms in total. The van der Waals surface area contributed by atoms with Gasteiger partial charge in [-0.2, -0.15) is 0 Å². The largest absolute Gasteiger partial charge is 0.465 e. The monoisotopic (exact) mass is 387 g/mol. The van der Waals surface area contributed by atoms with E-state index in [0.717, 1.165) is 32.3 Å². The van der Waals surface area contributed by atoms with Gasteiger partial charge in [-0.3, -0.25) is 9.59 Å². The van der Waals surface area contributed by atoms with Crippen molar-refractivity contribution in [1.29, 1.82) is 0 Å². The number of ether oxygens (including phenoxy) is 2. The quantitative estimate of drug-likeness (QED) is 0.293. The van der Waals surface area contributed by atoms with Crippen LogP contribution in [0.5, 0.6) is 0 Å². The molecule has 0 aromatic rings. The van der Waals surface area contributed by atoms with E-state index >= 15 is 0 Å². The fraction of sp³-hybridized carbons (Fsp3) is 0.905. The number of carbonyl (C=O) groups excluding carboxylic acids is 2. The molecule has 1 unspecified atom stereocenters. The predicted molar refractivity (Wildman–Crippen MR) is 107 cm³/mol. The lowest BCUT2D eigenvalue weighted by molar-refractivity contribution is -0.145. The number of ketones is 1. The smallest absolute Gasteiger partial charge is 0.322 e. The molecule has 27 heavy (non-hydrogen) atoms. The molecular formula is C21H41NO5. The van der Waals surface area contributed by atoms with E-state index in [1.807, 2.05) is 0 Å². The molecular weight excluding hydrogens is 346 g/mol. The SMILES string of the molecule is CC(C)OCCCCCCCCCCOC(=O)C(N)CCC(=O)C(C)(C)O. The van der Waals surface area contributed by atoms with E-state index in [2.05, 4.69) is 13.8 Å². The van der Waals surface area contributed by atoms with Crippen LogP contribution in [0.1, 0.15) is 91.9 Å². The highest BCUT2D eigenvalue weighted by molar-refractivity contribution is 5.86. The van der Waals surface area contributed by atoms with Crippen LogP contribution in [0, 0.1) is 0 Å². The highest BCUT2D eigenvalue weighted by Gasteiger charge is 2.25. The molecule has 0 saturated carbocycles. The fourth-order valence-electron chi connectivity index (χ4n) is 2.57. The van der Waals surface area contributed by atoms with Crippen molar-refractivity contribution in [3.8, 4) is 0 Å². The summed E-state index contributed by atoms with van der Waals surface area (Å²) >= 11 is 0. The Morgan fingerprint density at radius 1 is 0.926 bits per heavy atom. The Kier molecular flexibility index (Phi) is 14.5. The zero-order chi connectivity index (χ0) is 20.7. The van der Waals surface area contributed by atoms with Crippen LogP contribution in [0.4, 0.5) is 0 Å². The average molecular weight is 388 g/mol. The molecule has 0 heterocycles. The molecule has 1 atom stereocenters. The van der Waals surface area contributed by atoms with Crippen molar-refractivity contribution in [3.05, 3.63) is 0 Å². The second-order valence-corrected chi connectivity index (χ2v) is 8.04. The van der Waals surface area contributed by atoms with Gasteiger partial charge in [0.15, 0.2) is 5.78 Å². The Morgan fingerprint density at radius 3 is 1.89 bits per heavy atom. The standard InChI is InChI=1S/C21H41NO5/c1-17(2)26-15-11-9-7-5-6-8-10-12-16-27-20(24)18(22)13-14-19(23)21(3,4)25/h17-18,25H,5-16,22H2,1-4H3. The van der Waals surface area contributed by atoms with Gasteiger partial charge in [-0.05, 0) is 47.0 Å². The minimum absolute atomic E-state index is 0.0728. The van der Waals surface area contributed by atoms with Gasteiger partial charge in [0.05, 0.1) is 12.7 Å². The van der Waals surface area contributed by atoms with Gasteiger partial charge in [-0.15, -0.1) is 0 Å². The summed E-state index contributed by atoms with van der Waals surface area (Å²) in [6, 6.07) is -0.809. The summed E-state index contributed by atoms with van der Waals surface area (Å²) in [5.74, 6) is -0.791. The number of aliphatic hydroxyl groups is 1. The first-order valence-electron chi connectivity index (χ1n) is 10.4. The third-order valence-electron chi connectivity index (χ3n) is 4.40. The van der Waals surface area contributed by atoms with E-state index in [1.165, 1.54) is 39.5 Å². The molecule has 0 aromatic carbocycles. The molecule has 0 aliphatic heterocycles. The number of Topliss-reactive ketones (excluding diaryl/α,β-unsaturated/α-hetero) is 1. The Bertz CT molecular complexity index is 404. The molecule has 160 valence electrons. The van der Waals surface area contributed by atoms with Crippen LogP contribution < -0.4 is 5.73 Å². The van der Waals surface area contributed by atoms with Crippen molar-refractivity contribution in [1.82, 2.24) is 0 Å². The van der Waals surface area contributed by atoms with Gasteiger partial charge < -0.3 is 20.3 Å². The maximum Gasteiger partial charge on any atom is 0.322 e. The Morgan fingerprint density at radius 2 is 1.41 bits per heavy atom. The van der Waals surface area contributed by atoms with Crippen LogP contribution in [0.2, 0.25) is 0 Å². The van der Waals surface area contributed by atoms with Crippen molar-refractivity contribution >= 4 is 11.8 Å². The van der Waals surface area contributed by atoms with Gasteiger partial charge in [0.25, 0.3) is 0 Å². The van der Waals surface area contributed by atoms with Crippen molar-refractivity contribution in [3.63, 3.8) is 0 Å². The van der Waals surface area contributed by atoms with E-state index in [4.69, 9.17) is 15.2 Å². The summed E-state index contributed by atoms with van der Waals surface area (Å²) in [6.07, 6.45) is 9.66. The second kappa shape index (κ2) is 15.0. The minimum atomic E-state index is -1.38. The summed E-state index contributed by atoms with van der Waals surface area (Å²) in [7, 11) is 0. The molecule has 0 aliphatic carbocycles. The summed E-state index contributed by atoms with van der Waals surface area (Å²) in [4.78, 5) is 23.4. The van der Waals surface area contributed by atoms with E-state index in [-0.39, 0.29) is 18.6 Å². The third kappa shape index (κ3) is 15.7.